The summed E-state index contributed by atoms with van der Waals surface area (Å²) in [5.74, 6) is -2.57. The fourth-order valence-corrected chi connectivity index (χ4v) is 7.27. The molecule has 0 saturated heterocycles. The Bertz CT molecular complexity index is 1990. The Kier molecular flexibility index (Phi) is 13.5. The third kappa shape index (κ3) is 10.6. The molecule has 2 aromatic carbocycles. The monoisotopic (exact) mass is 769 g/mol. The van der Waals surface area contributed by atoms with Crippen molar-refractivity contribution in [3.8, 4) is 11.3 Å². The molecule has 5 rings (SSSR count). The van der Waals surface area contributed by atoms with Crippen molar-refractivity contribution in [3.05, 3.63) is 93.1 Å². The molecule has 14 nitrogen and oxygen atoms in total. The second kappa shape index (κ2) is 18.3. The van der Waals surface area contributed by atoms with Crippen LogP contribution in [0.4, 0.5) is 0 Å². The van der Waals surface area contributed by atoms with Crippen molar-refractivity contribution < 1.29 is 24.0 Å². The van der Waals surface area contributed by atoms with Gasteiger partial charge in [0.25, 0.3) is 5.91 Å². The van der Waals surface area contributed by atoms with E-state index in [1.165, 1.54) is 23.2 Å². The number of thiazole rings is 1. The number of carbonyl (C=O) groups is 5. The van der Waals surface area contributed by atoms with Crippen molar-refractivity contribution in [2.75, 3.05) is 26.7 Å². The van der Waals surface area contributed by atoms with E-state index < -0.39 is 41.9 Å². The minimum atomic E-state index is -0.998. The molecule has 0 radical (unpaired) electrons. The lowest BCUT2D eigenvalue weighted by molar-refractivity contribution is -0.136. The SMILES string of the molecule is Cc1ccc(C)c(-c2[nH]ncc2CN2CCN(C)C(=O)[C@@H](C)NC(=O)[C@H](C(C)C)NC(=O)[C@H](C)NC(=O)c3csc(n3)[C@H](Cc3ccccc3)NC(=O)C2)c1. The van der Waals surface area contributed by atoms with Crippen LogP contribution >= 0.6 is 11.3 Å². The van der Waals surface area contributed by atoms with Crippen LogP contribution in [0, 0.1) is 19.8 Å². The van der Waals surface area contributed by atoms with Crippen LogP contribution in [-0.4, -0.2) is 99.3 Å². The number of likely N-dealkylation sites (N-methyl/N-ethyl adjacent to an activating group) is 1. The number of nitrogens with zero attached hydrogens (tertiary/aromatic N) is 4. The number of hydrogen-bond donors (Lipinski definition) is 5. The van der Waals surface area contributed by atoms with Crippen molar-refractivity contribution in [2.45, 2.75) is 78.7 Å². The van der Waals surface area contributed by atoms with Crippen LogP contribution < -0.4 is 21.3 Å². The van der Waals surface area contributed by atoms with Crippen molar-refractivity contribution in [3.63, 3.8) is 0 Å². The highest BCUT2D eigenvalue weighted by Gasteiger charge is 2.31. The number of carbonyl (C=O) groups excluding carboxylic acids is 5. The van der Waals surface area contributed by atoms with Crippen LogP contribution in [0.15, 0.2) is 60.1 Å². The zero-order valence-corrected chi connectivity index (χ0v) is 33.3. The number of aromatic amines is 1. The first-order valence-corrected chi connectivity index (χ1v) is 19.4. The number of benzene rings is 2. The highest BCUT2D eigenvalue weighted by Crippen LogP contribution is 2.27. The first kappa shape index (κ1) is 40.8. The predicted octanol–water partition coefficient (Wildman–Crippen LogP) is 3.29. The maximum atomic E-state index is 14.0. The van der Waals surface area contributed by atoms with E-state index >= 15 is 0 Å². The molecule has 1 aliphatic rings. The van der Waals surface area contributed by atoms with E-state index in [0.717, 1.165) is 33.5 Å². The van der Waals surface area contributed by atoms with E-state index in [1.807, 2.05) is 49.1 Å². The molecule has 0 spiro atoms. The predicted molar refractivity (Wildman–Crippen MR) is 211 cm³/mol. The zero-order chi connectivity index (χ0) is 39.8. The molecule has 0 fully saturated rings. The lowest BCUT2D eigenvalue weighted by Gasteiger charge is -2.29. The molecule has 5 N–H and O–H groups in total. The summed E-state index contributed by atoms with van der Waals surface area (Å²) in [7, 11) is 1.65. The molecule has 0 saturated carbocycles. The highest BCUT2D eigenvalue weighted by molar-refractivity contribution is 7.09. The second-order valence-electron chi connectivity index (χ2n) is 14.6. The normalized spacial score (nSPS) is 21.4. The van der Waals surface area contributed by atoms with E-state index in [0.29, 0.717) is 24.5 Å². The molecule has 4 aromatic rings. The molecule has 4 atom stereocenters. The summed E-state index contributed by atoms with van der Waals surface area (Å²) in [6.45, 7) is 11.6. The van der Waals surface area contributed by atoms with Crippen molar-refractivity contribution in [2.24, 2.45) is 5.92 Å². The van der Waals surface area contributed by atoms with Gasteiger partial charge in [-0.05, 0) is 57.2 Å². The van der Waals surface area contributed by atoms with Gasteiger partial charge in [0.15, 0.2) is 0 Å². The van der Waals surface area contributed by atoms with Crippen LogP contribution in [0.5, 0.6) is 0 Å². The number of nitrogens with one attached hydrogen (secondary N) is 5. The summed E-state index contributed by atoms with van der Waals surface area (Å²) in [6.07, 6.45) is 2.18. The van der Waals surface area contributed by atoms with E-state index in [2.05, 4.69) is 54.6 Å². The molecular formula is C40H51N9O5S. The summed E-state index contributed by atoms with van der Waals surface area (Å²) < 4.78 is 0. The van der Waals surface area contributed by atoms with Crippen molar-refractivity contribution in [1.29, 1.82) is 0 Å². The summed E-state index contributed by atoms with van der Waals surface area (Å²) in [6, 6.07) is 12.5. The smallest absolute Gasteiger partial charge is 0.271 e. The minimum Gasteiger partial charge on any atom is -0.345 e. The van der Waals surface area contributed by atoms with Gasteiger partial charge in [-0.15, -0.1) is 11.3 Å². The number of hydrogen-bond acceptors (Lipinski definition) is 9. The Labute approximate surface area is 325 Å². The Hall–Kier alpha value is -5.41. The van der Waals surface area contributed by atoms with Crippen LogP contribution in [0.25, 0.3) is 11.3 Å². The lowest BCUT2D eigenvalue weighted by Crippen LogP contribution is -2.57. The van der Waals surface area contributed by atoms with Crippen LogP contribution in [0.2, 0.25) is 0 Å². The fraction of sp³-hybridized carbons (Fsp3) is 0.425. The number of aryl methyl sites for hydroxylation is 2. The van der Waals surface area contributed by atoms with Gasteiger partial charge < -0.3 is 26.2 Å². The molecule has 1 aliphatic heterocycles. The third-order valence-corrected chi connectivity index (χ3v) is 10.6. The summed E-state index contributed by atoms with van der Waals surface area (Å²) in [4.78, 5) is 75.6. The van der Waals surface area contributed by atoms with E-state index in [1.54, 1.807) is 39.4 Å². The Morgan fingerprint density at radius 2 is 1.64 bits per heavy atom. The van der Waals surface area contributed by atoms with Gasteiger partial charge in [0.05, 0.1) is 24.5 Å². The van der Waals surface area contributed by atoms with Crippen molar-refractivity contribution in [1.82, 2.24) is 46.2 Å². The maximum Gasteiger partial charge on any atom is 0.271 e. The van der Waals surface area contributed by atoms with Gasteiger partial charge in [-0.25, -0.2) is 4.98 Å². The first-order chi connectivity index (χ1) is 26.2. The number of rotatable bonds is 6. The highest BCUT2D eigenvalue weighted by atomic mass is 32.1. The molecule has 15 heteroatoms. The molecule has 292 valence electrons. The Morgan fingerprint density at radius 1 is 0.891 bits per heavy atom. The number of aromatic nitrogens is 3. The number of amides is 5. The van der Waals surface area contributed by atoms with E-state index in [9.17, 15) is 24.0 Å². The molecule has 0 unspecified atom stereocenters. The number of H-pyrrole nitrogens is 1. The van der Waals surface area contributed by atoms with Crippen molar-refractivity contribution >= 4 is 40.9 Å². The average Bonchev–Trinajstić information content (AvgIpc) is 3.83. The maximum absolute atomic E-state index is 14.0. The van der Waals surface area contributed by atoms with Gasteiger partial charge >= 0.3 is 0 Å². The molecule has 2 bridgehead atoms. The first-order valence-electron chi connectivity index (χ1n) is 18.5. The molecule has 55 heavy (non-hydrogen) atoms. The average molecular weight is 770 g/mol. The fourth-order valence-electron chi connectivity index (χ4n) is 6.42. The van der Waals surface area contributed by atoms with Gasteiger partial charge in [-0.3, -0.25) is 34.0 Å². The van der Waals surface area contributed by atoms with E-state index in [4.69, 9.17) is 0 Å². The molecular weight excluding hydrogens is 719 g/mol. The lowest BCUT2D eigenvalue weighted by atomic mass is 10.00. The van der Waals surface area contributed by atoms with Gasteiger partial charge in [-0.2, -0.15) is 5.10 Å². The standard InChI is InChI=1S/C40H51N9O5S/c1-23(2)34-38(53)43-27(6)40(54)48(7)15-16-49(20-29-19-41-47-35(29)30-17-24(3)13-14-25(30)4)21-33(50)44-31(18-28-11-9-8-10-12-28)39-45-32(22-55-39)37(52)42-26(5)36(51)46-34/h8-14,17,19,22-23,26-27,31,34H,15-16,18,20-21H2,1-7H3,(H,41,47)(H,42,52)(H,43,53)(H,44,50)(H,46,51)/t26-,27+,31-,34-/m0/s1. The molecule has 3 heterocycles. The van der Waals surface area contributed by atoms with Gasteiger partial charge in [0.2, 0.25) is 23.6 Å². The molecule has 0 aliphatic carbocycles. The quantitative estimate of drug-likeness (QED) is 0.198. The van der Waals surface area contributed by atoms with Gasteiger partial charge in [0.1, 0.15) is 28.8 Å². The van der Waals surface area contributed by atoms with E-state index in [-0.39, 0.29) is 36.5 Å². The van der Waals surface area contributed by atoms with Crippen LogP contribution in [-0.2, 0) is 32.1 Å². The van der Waals surface area contributed by atoms with Crippen LogP contribution in [0.3, 0.4) is 0 Å². The largest absolute Gasteiger partial charge is 0.345 e. The minimum absolute atomic E-state index is 0.0168. The second-order valence-corrected chi connectivity index (χ2v) is 15.5. The topological polar surface area (TPSA) is 182 Å². The van der Waals surface area contributed by atoms with Gasteiger partial charge in [0, 0.05) is 43.2 Å². The van der Waals surface area contributed by atoms with Crippen LogP contribution in [0.1, 0.15) is 71.5 Å². The third-order valence-electron chi connectivity index (χ3n) is 9.66. The Morgan fingerprint density at radius 3 is 2.36 bits per heavy atom. The molecule has 2 aromatic heterocycles. The number of fused-ring (bicyclic) bond motifs is 2. The summed E-state index contributed by atoms with van der Waals surface area (Å²) >= 11 is 1.24. The molecule has 5 amide bonds. The summed E-state index contributed by atoms with van der Waals surface area (Å²) in [5.41, 5.74) is 5.99. The zero-order valence-electron chi connectivity index (χ0n) is 32.4. The van der Waals surface area contributed by atoms with Gasteiger partial charge in [-0.1, -0.05) is 61.9 Å². The Balaban J connectivity index is 1.48. The summed E-state index contributed by atoms with van der Waals surface area (Å²) in [5, 5.41) is 21.0.